The molecule has 1 atom stereocenters. The van der Waals surface area contributed by atoms with E-state index < -0.39 is 6.04 Å². The fraction of sp³-hybridized carbons (Fsp3) is 0.880. The fourth-order valence-corrected chi connectivity index (χ4v) is 7.79. The molecular formula is C25H39N3O3. The van der Waals surface area contributed by atoms with E-state index in [0.717, 1.165) is 75.8 Å². The van der Waals surface area contributed by atoms with Gasteiger partial charge >= 0.3 is 0 Å². The van der Waals surface area contributed by atoms with Crippen LogP contribution in [0.25, 0.3) is 0 Å². The maximum absolute atomic E-state index is 13.3. The highest BCUT2D eigenvalue weighted by atomic mass is 16.2. The highest BCUT2D eigenvalue weighted by Crippen LogP contribution is 2.60. The Labute approximate surface area is 186 Å². The van der Waals surface area contributed by atoms with Gasteiger partial charge in [0.25, 0.3) is 0 Å². The highest BCUT2D eigenvalue weighted by molar-refractivity contribution is 5.90. The molecule has 0 radical (unpaired) electrons. The third kappa shape index (κ3) is 4.11. The molecular weight excluding hydrogens is 390 g/mol. The van der Waals surface area contributed by atoms with Crippen LogP contribution in [0, 0.1) is 29.1 Å². The number of nitrogens with zero attached hydrogens (tertiary/aromatic N) is 2. The van der Waals surface area contributed by atoms with Crippen molar-refractivity contribution < 1.29 is 14.4 Å². The number of piperidine rings is 2. The largest absolute Gasteiger partial charge is 0.344 e. The summed E-state index contributed by atoms with van der Waals surface area (Å²) < 4.78 is 0. The lowest BCUT2D eigenvalue weighted by molar-refractivity contribution is -0.150. The highest BCUT2D eigenvalue weighted by Gasteiger charge is 2.54. The number of hydrogen-bond donors (Lipinski definition) is 1. The van der Waals surface area contributed by atoms with E-state index in [1.807, 2.05) is 16.7 Å². The minimum absolute atomic E-state index is 0.0157. The van der Waals surface area contributed by atoms with Crippen LogP contribution in [0.5, 0.6) is 0 Å². The minimum atomic E-state index is -0.477. The fourth-order valence-electron chi connectivity index (χ4n) is 7.79. The predicted molar refractivity (Wildman–Crippen MR) is 118 cm³/mol. The lowest BCUT2D eigenvalue weighted by Gasteiger charge is -2.55. The molecule has 4 saturated carbocycles. The maximum atomic E-state index is 13.3. The van der Waals surface area contributed by atoms with Crippen LogP contribution in [0.3, 0.4) is 0 Å². The van der Waals surface area contributed by atoms with Gasteiger partial charge in [-0.25, -0.2) is 0 Å². The van der Waals surface area contributed by atoms with Crippen LogP contribution >= 0.6 is 0 Å². The molecule has 4 aliphatic carbocycles. The average Bonchev–Trinajstić information content (AvgIpc) is 2.78. The Kier molecular flexibility index (Phi) is 5.76. The number of rotatable bonds is 4. The number of carbonyl (C=O) groups is 3. The number of likely N-dealkylation sites (tertiary alicyclic amines) is 2. The second-order valence-corrected chi connectivity index (χ2v) is 11.4. The van der Waals surface area contributed by atoms with Gasteiger partial charge in [0.1, 0.15) is 6.04 Å². The van der Waals surface area contributed by atoms with E-state index in [0.29, 0.717) is 13.1 Å². The van der Waals surface area contributed by atoms with E-state index in [2.05, 4.69) is 5.32 Å². The summed E-state index contributed by atoms with van der Waals surface area (Å²) in [5.74, 6) is 2.65. The molecule has 172 valence electrons. The van der Waals surface area contributed by atoms with Gasteiger partial charge in [0.15, 0.2) is 0 Å². The molecule has 2 saturated heterocycles. The second-order valence-electron chi connectivity index (χ2n) is 11.4. The van der Waals surface area contributed by atoms with E-state index >= 15 is 0 Å². The van der Waals surface area contributed by atoms with E-state index in [9.17, 15) is 14.4 Å². The van der Waals surface area contributed by atoms with Crippen molar-refractivity contribution in [3.63, 3.8) is 0 Å². The summed E-state index contributed by atoms with van der Waals surface area (Å²) in [6.07, 6.45) is 12.0. The molecule has 31 heavy (non-hydrogen) atoms. The van der Waals surface area contributed by atoms with Crippen LogP contribution in [0.15, 0.2) is 0 Å². The molecule has 6 aliphatic rings. The van der Waals surface area contributed by atoms with Gasteiger partial charge in [-0.1, -0.05) is 0 Å². The van der Waals surface area contributed by atoms with Crippen LogP contribution < -0.4 is 5.32 Å². The third-order valence-corrected chi connectivity index (χ3v) is 9.06. The van der Waals surface area contributed by atoms with Gasteiger partial charge in [-0.05, 0) is 95.3 Å². The molecule has 6 rings (SSSR count). The summed E-state index contributed by atoms with van der Waals surface area (Å²) in [6, 6.07) is -0.477. The Morgan fingerprint density at radius 3 is 1.90 bits per heavy atom. The monoisotopic (exact) mass is 429 g/mol. The van der Waals surface area contributed by atoms with Gasteiger partial charge in [0.2, 0.25) is 17.7 Å². The molecule has 1 N–H and O–H groups in total. The van der Waals surface area contributed by atoms with Gasteiger partial charge in [0, 0.05) is 37.5 Å². The Morgan fingerprint density at radius 1 is 0.806 bits per heavy atom. The topological polar surface area (TPSA) is 69.7 Å². The molecule has 0 aromatic rings. The summed E-state index contributed by atoms with van der Waals surface area (Å²) >= 11 is 0. The van der Waals surface area contributed by atoms with Crippen molar-refractivity contribution in [2.24, 2.45) is 29.1 Å². The van der Waals surface area contributed by atoms with Crippen LogP contribution in [-0.4, -0.2) is 59.7 Å². The molecule has 0 aromatic heterocycles. The quantitative estimate of drug-likeness (QED) is 0.747. The summed E-state index contributed by atoms with van der Waals surface area (Å²) in [7, 11) is 0. The first-order chi connectivity index (χ1) is 14.9. The summed E-state index contributed by atoms with van der Waals surface area (Å²) in [6.45, 7) is 4.88. The Bertz CT molecular complexity index is 686. The number of amides is 3. The van der Waals surface area contributed by atoms with Crippen molar-refractivity contribution in [3.8, 4) is 0 Å². The smallest absolute Gasteiger partial charge is 0.244 e. The van der Waals surface area contributed by atoms with Crippen molar-refractivity contribution in [1.29, 1.82) is 0 Å². The molecule has 0 spiro atoms. The Balaban J connectivity index is 1.12. The van der Waals surface area contributed by atoms with Crippen molar-refractivity contribution in [2.75, 3.05) is 26.2 Å². The van der Waals surface area contributed by atoms with Crippen LogP contribution in [0.1, 0.15) is 77.6 Å². The van der Waals surface area contributed by atoms with Gasteiger partial charge in [-0.2, -0.15) is 0 Å². The number of nitrogens with one attached hydrogen (secondary N) is 1. The van der Waals surface area contributed by atoms with Gasteiger partial charge in [-0.15, -0.1) is 0 Å². The van der Waals surface area contributed by atoms with Gasteiger partial charge in [0.05, 0.1) is 0 Å². The lowest BCUT2D eigenvalue weighted by atomic mass is 9.49. The molecule has 2 heterocycles. The normalized spacial score (nSPS) is 36.4. The van der Waals surface area contributed by atoms with Crippen molar-refractivity contribution in [1.82, 2.24) is 15.1 Å². The Hall–Kier alpha value is -1.59. The van der Waals surface area contributed by atoms with Crippen molar-refractivity contribution in [3.05, 3.63) is 0 Å². The predicted octanol–water partition coefficient (Wildman–Crippen LogP) is 2.96. The molecule has 6 nitrogen and oxygen atoms in total. The molecule has 3 amide bonds. The number of carbonyl (C=O) groups excluding carboxylic acids is 3. The zero-order chi connectivity index (χ0) is 21.6. The minimum Gasteiger partial charge on any atom is -0.344 e. The average molecular weight is 430 g/mol. The number of hydrogen-bond acceptors (Lipinski definition) is 3. The van der Waals surface area contributed by atoms with Crippen LogP contribution in [-0.2, 0) is 14.4 Å². The SMILES string of the molecule is C[C@H](NC(=O)C12CC3CC(CC(C3)C1)C2)C(=O)N1CCC(C(=O)N2CCCCC2)CC1. The zero-order valence-corrected chi connectivity index (χ0v) is 19.1. The van der Waals surface area contributed by atoms with Crippen LogP contribution in [0.2, 0.25) is 0 Å². The standard InChI is InChI=1S/C25H39N3O3/c1-17(26-24(31)25-14-18-11-19(15-25)13-20(12-18)16-25)22(29)28-9-5-21(6-10-28)23(30)27-7-3-2-4-8-27/h17-21H,2-16H2,1H3,(H,26,31)/t17-,18?,19?,20?,25?/m0/s1. The van der Waals surface area contributed by atoms with E-state index in [1.54, 1.807) is 0 Å². The molecule has 6 fully saturated rings. The lowest BCUT2D eigenvalue weighted by Crippen LogP contribution is -2.57. The van der Waals surface area contributed by atoms with E-state index in [4.69, 9.17) is 0 Å². The molecule has 4 bridgehead atoms. The second kappa shape index (κ2) is 8.40. The molecule has 0 unspecified atom stereocenters. The summed E-state index contributed by atoms with van der Waals surface area (Å²) in [5.41, 5.74) is -0.211. The summed E-state index contributed by atoms with van der Waals surface area (Å²) in [5, 5.41) is 3.11. The Morgan fingerprint density at radius 2 is 1.35 bits per heavy atom. The van der Waals surface area contributed by atoms with Crippen molar-refractivity contribution >= 4 is 17.7 Å². The first-order valence-electron chi connectivity index (χ1n) is 12.8. The van der Waals surface area contributed by atoms with Gasteiger partial charge < -0.3 is 15.1 Å². The molecule has 6 heteroatoms. The van der Waals surface area contributed by atoms with E-state index in [1.165, 1.54) is 25.7 Å². The molecule has 0 aromatic carbocycles. The maximum Gasteiger partial charge on any atom is 0.244 e. The van der Waals surface area contributed by atoms with Gasteiger partial charge in [-0.3, -0.25) is 14.4 Å². The first-order valence-corrected chi connectivity index (χ1v) is 12.8. The molecule has 2 aliphatic heterocycles. The van der Waals surface area contributed by atoms with Crippen molar-refractivity contribution in [2.45, 2.75) is 83.6 Å². The van der Waals surface area contributed by atoms with Crippen LogP contribution in [0.4, 0.5) is 0 Å². The summed E-state index contributed by atoms with van der Waals surface area (Å²) in [4.78, 5) is 43.0. The first kappa shape index (κ1) is 21.3. The van der Waals surface area contributed by atoms with E-state index in [-0.39, 0.29) is 29.1 Å². The zero-order valence-electron chi connectivity index (χ0n) is 19.1. The third-order valence-electron chi connectivity index (χ3n) is 9.06.